The van der Waals surface area contributed by atoms with Crippen LogP contribution in [-0.2, 0) is 6.54 Å². The van der Waals surface area contributed by atoms with Gasteiger partial charge in [0.15, 0.2) is 11.5 Å². The van der Waals surface area contributed by atoms with E-state index in [0.717, 1.165) is 16.9 Å². The van der Waals surface area contributed by atoms with Crippen molar-refractivity contribution < 1.29 is 14.6 Å². The number of carbonyl (C=O) groups is 1. The Morgan fingerprint density at radius 2 is 1.84 bits per heavy atom. The van der Waals surface area contributed by atoms with E-state index in [1.165, 1.54) is 6.20 Å². The summed E-state index contributed by atoms with van der Waals surface area (Å²) >= 11 is 0. The molecule has 0 aliphatic rings. The number of nitrogens with one attached hydrogen (secondary N) is 1. The molecule has 0 saturated heterocycles. The van der Waals surface area contributed by atoms with E-state index < -0.39 is 5.97 Å². The van der Waals surface area contributed by atoms with Crippen LogP contribution < -0.4 is 10.1 Å². The zero-order chi connectivity index (χ0) is 17.6. The van der Waals surface area contributed by atoms with Crippen molar-refractivity contribution in [2.75, 3.05) is 12.4 Å². The minimum absolute atomic E-state index is 0.104. The molecule has 3 aromatic rings. The van der Waals surface area contributed by atoms with E-state index in [-0.39, 0.29) is 11.5 Å². The lowest BCUT2D eigenvalue weighted by Gasteiger charge is -2.10. The third kappa shape index (κ3) is 3.92. The average molecular weight is 335 g/mol. The molecule has 6 nitrogen and oxygen atoms in total. The number of nitrogens with zero attached hydrogens (tertiary/aromatic N) is 2. The molecule has 2 aromatic carbocycles. The lowest BCUT2D eigenvalue weighted by molar-refractivity contribution is 0.0691. The largest absolute Gasteiger partial charge is 0.497 e. The van der Waals surface area contributed by atoms with E-state index >= 15 is 0 Å². The molecule has 0 radical (unpaired) electrons. The number of anilines is 1. The summed E-state index contributed by atoms with van der Waals surface area (Å²) in [5.74, 6) is -0.116. The standard InChI is InChI=1S/C19H17N3O3/c1-25-15-9-7-13(8-10-15)11-21-18-17(19(23)24)20-12-16(22-18)14-5-3-2-4-6-14/h2-10,12H,11H2,1H3,(H,21,22)(H,23,24). The van der Waals surface area contributed by atoms with Crippen LogP contribution >= 0.6 is 0 Å². The van der Waals surface area contributed by atoms with Gasteiger partial charge in [-0.2, -0.15) is 0 Å². The maximum Gasteiger partial charge on any atom is 0.358 e. The van der Waals surface area contributed by atoms with Gasteiger partial charge >= 0.3 is 5.97 Å². The fraction of sp³-hybridized carbons (Fsp3) is 0.105. The highest BCUT2D eigenvalue weighted by Crippen LogP contribution is 2.20. The third-order valence-corrected chi connectivity index (χ3v) is 3.66. The van der Waals surface area contributed by atoms with E-state index in [0.29, 0.717) is 12.2 Å². The molecule has 6 heteroatoms. The van der Waals surface area contributed by atoms with E-state index in [1.54, 1.807) is 7.11 Å². The predicted molar refractivity (Wildman–Crippen MR) is 94.7 cm³/mol. The highest BCUT2D eigenvalue weighted by Gasteiger charge is 2.15. The van der Waals surface area contributed by atoms with Crippen LogP contribution in [0.1, 0.15) is 16.1 Å². The number of rotatable bonds is 6. The van der Waals surface area contributed by atoms with E-state index in [2.05, 4.69) is 15.3 Å². The summed E-state index contributed by atoms with van der Waals surface area (Å²) in [6.45, 7) is 0.428. The topological polar surface area (TPSA) is 84.3 Å². The fourth-order valence-electron chi connectivity index (χ4n) is 2.35. The van der Waals surface area contributed by atoms with Crippen molar-refractivity contribution in [3.63, 3.8) is 0 Å². The van der Waals surface area contributed by atoms with E-state index in [9.17, 15) is 9.90 Å². The maximum absolute atomic E-state index is 11.4. The maximum atomic E-state index is 11.4. The number of carboxylic acids is 1. The molecule has 0 saturated carbocycles. The van der Waals surface area contributed by atoms with Crippen LogP contribution in [0.25, 0.3) is 11.3 Å². The second kappa shape index (κ2) is 7.44. The first-order valence-electron chi connectivity index (χ1n) is 7.70. The van der Waals surface area contributed by atoms with Crippen molar-refractivity contribution in [2.45, 2.75) is 6.54 Å². The monoisotopic (exact) mass is 335 g/mol. The van der Waals surface area contributed by atoms with Crippen molar-refractivity contribution in [3.8, 4) is 17.0 Å². The summed E-state index contributed by atoms with van der Waals surface area (Å²) in [6.07, 6.45) is 1.47. The smallest absolute Gasteiger partial charge is 0.358 e. The molecule has 0 bridgehead atoms. The zero-order valence-corrected chi connectivity index (χ0v) is 13.6. The molecule has 2 N–H and O–H groups in total. The summed E-state index contributed by atoms with van der Waals surface area (Å²) in [4.78, 5) is 19.9. The highest BCUT2D eigenvalue weighted by molar-refractivity contribution is 5.91. The Morgan fingerprint density at radius 1 is 1.12 bits per heavy atom. The van der Waals surface area contributed by atoms with Gasteiger partial charge in [-0.3, -0.25) is 0 Å². The molecule has 1 heterocycles. The number of hydrogen-bond acceptors (Lipinski definition) is 5. The molecule has 0 amide bonds. The molecule has 0 spiro atoms. The third-order valence-electron chi connectivity index (χ3n) is 3.66. The number of ether oxygens (including phenoxy) is 1. The number of hydrogen-bond donors (Lipinski definition) is 2. The van der Waals surface area contributed by atoms with Gasteiger partial charge in [0, 0.05) is 12.1 Å². The number of carboxylic acid groups (broad SMARTS) is 1. The second-order valence-electron chi connectivity index (χ2n) is 5.33. The fourth-order valence-corrected chi connectivity index (χ4v) is 2.35. The Hall–Kier alpha value is -3.41. The van der Waals surface area contributed by atoms with Crippen molar-refractivity contribution in [1.29, 1.82) is 0 Å². The molecule has 1 aromatic heterocycles. The minimum atomic E-state index is -1.12. The Morgan fingerprint density at radius 3 is 2.48 bits per heavy atom. The normalized spacial score (nSPS) is 10.3. The molecular weight excluding hydrogens is 318 g/mol. The predicted octanol–water partition coefficient (Wildman–Crippen LogP) is 3.46. The van der Waals surface area contributed by atoms with Gasteiger partial charge in [0.2, 0.25) is 0 Å². The van der Waals surface area contributed by atoms with Crippen molar-refractivity contribution >= 4 is 11.8 Å². The number of aromatic nitrogens is 2. The molecule has 0 fully saturated rings. The molecule has 126 valence electrons. The SMILES string of the molecule is COc1ccc(CNc2nc(-c3ccccc3)cnc2C(=O)O)cc1. The molecule has 25 heavy (non-hydrogen) atoms. The van der Waals surface area contributed by atoms with Gasteiger partial charge in [-0.05, 0) is 17.7 Å². The highest BCUT2D eigenvalue weighted by atomic mass is 16.5. The average Bonchev–Trinajstić information content (AvgIpc) is 2.67. The Balaban J connectivity index is 1.85. The number of aromatic carboxylic acids is 1. The Labute approximate surface area is 145 Å². The first-order valence-corrected chi connectivity index (χ1v) is 7.70. The van der Waals surface area contributed by atoms with Gasteiger partial charge in [-0.25, -0.2) is 14.8 Å². The first kappa shape index (κ1) is 16.4. The lowest BCUT2D eigenvalue weighted by Crippen LogP contribution is -2.11. The summed E-state index contributed by atoms with van der Waals surface area (Å²) < 4.78 is 5.13. The molecule has 0 aliphatic heterocycles. The van der Waals surface area contributed by atoms with Crippen LogP contribution in [0, 0.1) is 0 Å². The van der Waals surface area contributed by atoms with Crippen molar-refractivity contribution in [3.05, 3.63) is 72.1 Å². The van der Waals surface area contributed by atoms with Gasteiger partial charge < -0.3 is 15.2 Å². The molecule has 0 atom stereocenters. The van der Waals surface area contributed by atoms with Crippen LogP contribution in [0.15, 0.2) is 60.8 Å². The molecule has 0 unspecified atom stereocenters. The van der Waals surface area contributed by atoms with E-state index in [1.807, 2.05) is 54.6 Å². The Bertz CT molecular complexity index is 865. The lowest BCUT2D eigenvalue weighted by atomic mass is 10.1. The first-order chi connectivity index (χ1) is 12.2. The molecule has 0 aliphatic carbocycles. The number of methoxy groups -OCH3 is 1. The van der Waals surface area contributed by atoms with Crippen molar-refractivity contribution in [2.24, 2.45) is 0 Å². The Kier molecular flexibility index (Phi) is 4.89. The van der Waals surface area contributed by atoms with Crippen LogP contribution in [0.3, 0.4) is 0 Å². The zero-order valence-electron chi connectivity index (χ0n) is 13.6. The van der Waals surface area contributed by atoms with Gasteiger partial charge in [-0.1, -0.05) is 42.5 Å². The summed E-state index contributed by atoms with van der Waals surface area (Å²) in [5.41, 5.74) is 2.36. The van der Waals surface area contributed by atoms with Crippen LogP contribution in [0.2, 0.25) is 0 Å². The summed E-state index contributed by atoms with van der Waals surface area (Å²) in [5, 5.41) is 12.4. The van der Waals surface area contributed by atoms with Gasteiger partial charge in [0.05, 0.1) is 19.0 Å². The van der Waals surface area contributed by atoms with Crippen LogP contribution in [-0.4, -0.2) is 28.2 Å². The van der Waals surface area contributed by atoms with E-state index in [4.69, 9.17) is 4.74 Å². The van der Waals surface area contributed by atoms with Gasteiger partial charge in [-0.15, -0.1) is 0 Å². The second-order valence-corrected chi connectivity index (χ2v) is 5.33. The van der Waals surface area contributed by atoms with Gasteiger partial charge in [0.1, 0.15) is 5.75 Å². The summed E-state index contributed by atoms with van der Waals surface area (Å²) in [6, 6.07) is 17.0. The van der Waals surface area contributed by atoms with Gasteiger partial charge in [0.25, 0.3) is 0 Å². The van der Waals surface area contributed by atoms with Crippen LogP contribution in [0.4, 0.5) is 5.82 Å². The van der Waals surface area contributed by atoms with Crippen molar-refractivity contribution in [1.82, 2.24) is 9.97 Å². The molecular formula is C19H17N3O3. The summed E-state index contributed by atoms with van der Waals surface area (Å²) in [7, 11) is 1.61. The minimum Gasteiger partial charge on any atom is -0.497 e. The number of benzene rings is 2. The molecule has 3 rings (SSSR count). The van der Waals surface area contributed by atoms with Crippen LogP contribution in [0.5, 0.6) is 5.75 Å². The quantitative estimate of drug-likeness (QED) is 0.717.